The summed E-state index contributed by atoms with van der Waals surface area (Å²) in [4.78, 5) is 0. The molecule has 0 amide bonds. The van der Waals surface area contributed by atoms with Crippen molar-refractivity contribution in [1.29, 1.82) is 0 Å². The highest BCUT2D eigenvalue weighted by atomic mass is 14.5. The lowest BCUT2D eigenvalue weighted by Crippen LogP contribution is -2.38. The Morgan fingerprint density at radius 1 is 0.370 bits per heavy atom. The molecule has 0 radical (unpaired) electrons. The van der Waals surface area contributed by atoms with E-state index < -0.39 is 0 Å². The van der Waals surface area contributed by atoms with Crippen LogP contribution in [0.25, 0.3) is 0 Å². The largest absolute Gasteiger partial charge is 0.0649 e. The van der Waals surface area contributed by atoms with E-state index in [2.05, 4.69) is 222 Å². The highest BCUT2D eigenvalue weighted by Gasteiger charge is 2.43. The molecule has 6 rings (SSSR count). The zero-order chi connectivity index (χ0) is 63.0. The summed E-state index contributed by atoms with van der Waals surface area (Å²) in [5, 5.41) is 0. The van der Waals surface area contributed by atoms with Gasteiger partial charge in [0.25, 0.3) is 0 Å². The molecule has 6 aliphatic carbocycles. The van der Waals surface area contributed by atoms with Crippen LogP contribution < -0.4 is 0 Å². The summed E-state index contributed by atoms with van der Waals surface area (Å²) in [6.45, 7) is 77.4. The van der Waals surface area contributed by atoms with Crippen molar-refractivity contribution in [3.8, 4) is 0 Å². The van der Waals surface area contributed by atoms with E-state index in [4.69, 9.17) is 0 Å². The fourth-order valence-electron chi connectivity index (χ4n) is 16.7. The Balaban J connectivity index is 0.000000487. The molecule has 6 aliphatic rings. The molecule has 13 unspecified atom stereocenters. The maximum atomic E-state index is 2.51. The van der Waals surface area contributed by atoms with E-state index in [-0.39, 0.29) is 0 Å². The van der Waals surface area contributed by atoms with Gasteiger partial charge in [0.15, 0.2) is 0 Å². The average Bonchev–Trinajstić information content (AvgIpc) is 3.39. The molecule has 0 saturated heterocycles. The first-order valence-corrected chi connectivity index (χ1v) is 36.9. The normalized spacial score (nSPS) is 35.4. The van der Waals surface area contributed by atoms with Crippen LogP contribution in [-0.4, -0.2) is 0 Å². The molecule has 0 aromatic heterocycles. The van der Waals surface area contributed by atoms with Crippen molar-refractivity contribution in [3.63, 3.8) is 0 Å². The lowest BCUT2D eigenvalue weighted by molar-refractivity contribution is 0.0253. The van der Waals surface area contributed by atoms with Gasteiger partial charge in [-0.15, -0.1) is 0 Å². The summed E-state index contributed by atoms with van der Waals surface area (Å²) in [6.07, 6.45) is 37.2. The van der Waals surface area contributed by atoms with E-state index in [1.807, 2.05) is 0 Å². The highest BCUT2D eigenvalue weighted by Crippen LogP contribution is 2.54. The summed E-state index contributed by atoms with van der Waals surface area (Å²) in [5.74, 6) is 12.9. The van der Waals surface area contributed by atoms with Gasteiger partial charge < -0.3 is 0 Å². The van der Waals surface area contributed by atoms with Crippen molar-refractivity contribution >= 4 is 0 Å². The minimum atomic E-state index is 0.552. The van der Waals surface area contributed by atoms with E-state index in [1.165, 1.54) is 167 Å². The summed E-state index contributed by atoms with van der Waals surface area (Å²) in [6, 6.07) is 0. The molecule has 13 atom stereocenters. The van der Waals surface area contributed by atoms with Crippen LogP contribution in [0.15, 0.2) is 0 Å². The van der Waals surface area contributed by atoms with Crippen LogP contribution in [-0.2, 0) is 0 Å². The van der Waals surface area contributed by atoms with Crippen molar-refractivity contribution < 1.29 is 0 Å². The smallest absolute Gasteiger partial charge is 0.0274 e. The van der Waals surface area contributed by atoms with Crippen molar-refractivity contribution in [3.05, 3.63) is 0 Å². The van der Waals surface area contributed by atoms with Crippen LogP contribution in [0.2, 0.25) is 0 Å². The molecule has 0 heterocycles. The molecule has 0 aromatic rings. The molecule has 0 bridgehead atoms. The zero-order valence-corrected chi connectivity index (χ0v) is 63.0. The molecule has 486 valence electrons. The zero-order valence-electron chi connectivity index (χ0n) is 63.0. The van der Waals surface area contributed by atoms with Crippen LogP contribution in [0.1, 0.15) is 389 Å². The molecule has 0 aromatic carbocycles. The monoisotopic (exact) mass is 1140 g/mol. The van der Waals surface area contributed by atoms with Gasteiger partial charge in [0.05, 0.1) is 0 Å². The molecule has 6 saturated carbocycles. The highest BCUT2D eigenvalue weighted by molar-refractivity contribution is 4.94. The summed E-state index contributed by atoms with van der Waals surface area (Å²) in [5.41, 5.74) is 5.36. The molecule has 0 nitrogen and oxygen atoms in total. The fraction of sp³-hybridized carbons (Fsp3) is 1.00. The first-order valence-electron chi connectivity index (χ1n) is 36.9. The van der Waals surface area contributed by atoms with E-state index in [0.717, 1.165) is 82.9 Å². The lowest BCUT2D eigenvalue weighted by Gasteiger charge is -2.47. The fourth-order valence-corrected chi connectivity index (χ4v) is 16.7. The second-order valence-electron chi connectivity index (χ2n) is 37.3. The van der Waals surface area contributed by atoms with Crippen LogP contribution in [0.4, 0.5) is 0 Å². The van der Waals surface area contributed by atoms with Crippen molar-refractivity contribution in [2.24, 2.45) is 132 Å². The van der Waals surface area contributed by atoms with E-state index >= 15 is 0 Å². The van der Waals surface area contributed by atoms with E-state index in [9.17, 15) is 0 Å². The van der Waals surface area contributed by atoms with Gasteiger partial charge in [-0.3, -0.25) is 0 Å². The number of rotatable bonds is 13. The van der Waals surface area contributed by atoms with Gasteiger partial charge in [-0.25, -0.2) is 0 Å². The Morgan fingerprint density at radius 2 is 0.753 bits per heavy atom. The Labute approximate surface area is 517 Å². The predicted molar refractivity (Wildman–Crippen MR) is 372 cm³/mol. The van der Waals surface area contributed by atoms with Crippen LogP contribution >= 0.6 is 0 Å². The lowest BCUT2D eigenvalue weighted by atomic mass is 9.58. The Kier molecular flexibility index (Phi) is 32.7. The maximum Gasteiger partial charge on any atom is -0.0274 e. The van der Waals surface area contributed by atoms with Crippen molar-refractivity contribution in [2.75, 3.05) is 0 Å². The molecule has 6 fully saturated rings. The molecular formula is C81H162. The molecule has 0 aliphatic heterocycles. The van der Waals surface area contributed by atoms with Crippen LogP contribution in [0, 0.1) is 132 Å². The molecular weight excluding hydrogens is 973 g/mol. The summed E-state index contributed by atoms with van der Waals surface area (Å²) < 4.78 is 0. The minimum Gasteiger partial charge on any atom is -0.0649 e. The standard InChI is InChI=1S/C15H30.2C14H28.2C13H26.C12H24/c1-7-14(4,5)13-9-8-10-15(6,11-13)12(2)3;1-10(2)13-8-7-12(5)14(6,9-13)11(3)4;1-6-13(3,4)12-9-8-10-14(5,7-2)11-12;1-6-13(5)9-12(10(2)3)8-7-11(13)4;1-6-13(4,5)11-8-7-9-12(2,3)10-11;1-9(2)11-7-6-10(3)12(4,5)8-11/h12-13H,7-11H2,1-6H3;10-13H,7-9H2,1-6H3;12H,6-11H2,1-5H3;10-12H,6-9H2,1-5H3;11H,6-10H2,1-5H3;9-11H,6-8H2,1-5H3. The number of hydrogen-bond donors (Lipinski definition) is 0. The molecule has 0 spiro atoms. The van der Waals surface area contributed by atoms with Gasteiger partial charge in [0, 0.05) is 0 Å². The third-order valence-corrected chi connectivity index (χ3v) is 28.3. The van der Waals surface area contributed by atoms with Gasteiger partial charge in [0.1, 0.15) is 0 Å². The first kappa shape index (κ1) is 79.0. The first-order chi connectivity index (χ1) is 36.9. The predicted octanol–water partition coefficient (Wildman–Crippen LogP) is 28.3. The third-order valence-electron chi connectivity index (χ3n) is 28.3. The second-order valence-corrected chi connectivity index (χ2v) is 37.3. The van der Waals surface area contributed by atoms with Gasteiger partial charge in [-0.05, 0) is 247 Å². The minimum absolute atomic E-state index is 0.552. The molecule has 81 heavy (non-hydrogen) atoms. The Morgan fingerprint density at radius 3 is 1.14 bits per heavy atom. The average molecular weight is 1140 g/mol. The van der Waals surface area contributed by atoms with E-state index in [1.54, 1.807) is 0 Å². The van der Waals surface area contributed by atoms with Gasteiger partial charge >= 0.3 is 0 Å². The summed E-state index contributed by atoms with van der Waals surface area (Å²) >= 11 is 0. The van der Waals surface area contributed by atoms with Crippen molar-refractivity contribution in [1.82, 2.24) is 0 Å². The maximum absolute atomic E-state index is 2.51. The second kappa shape index (κ2) is 33.5. The molecule has 0 heteroatoms. The Hall–Kier alpha value is 0. The Bertz CT molecular complexity index is 1660. The summed E-state index contributed by atoms with van der Waals surface area (Å²) in [7, 11) is 0. The number of hydrogen-bond acceptors (Lipinski definition) is 0. The topological polar surface area (TPSA) is 0 Å². The van der Waals surface area contributed by atoms with Crippen LogP contribution in [0.3, 0.4) is 0 Å². The van der Waals surface area contributed by atoms with E-state index in [0.29, 0.717) is 48.7 Å². The third kappa shape index (κ3) is 24.5. The van der Waals surface area contributed by atoms with Gasteiger partial charge in [-0.2, -0.15) is 0 Å². The quantitative estimate of drug-likeness (QED) is 0.172. The van der Waals surface area contributed by atoms with Gasteiger partial charge in [-0.1, -0.05) is 273 Å². The van der Waals surface area contributed by atoms with Gasteiger partial charge in [0.2, 0.25) is 0 Å². The SMILES string of the molecule is CC(C)C1CCC(C)C(C)(C(C)C)C1.CC(C)C1CCC(C)C(C)(C)C1.CCC(C)(C)C1CCCC(C)(C(C)C)C1.CCC(C)(C)C1CCCC(C)(C)C1.CCC1(C)CC(C(C)C)CCC1C.CCC1(C)CCCC(C(C)(C)CC)C1. The molecule has 0 N–H and O–H groups in total. The van der Waals surface area contributed by atoms with Crippen molar-refractivity contribution in [2.45, 2.75) is 389 Å². The van der Waals surface area contributed by atoms with Crippen LogP contribution in [0.5, 0.6) is 0 Å².